The highest BCUT2D eigenvalue weighted by atomic mass is 16.5. The third-order valence-electron chi connectivity index (χ3n) is 4.78. The van der Waals surface area contributed by atoms with Gasteiger partial charge < -0.3 is 20.3 Å². The van der Waals surface area contributed by atoms with Crippen molar-refractivity contribution >= 4 is 23.0 Å². The SMILES string of the molecule is Cc1ccc(CNc2cc(Nc3ccccc3N3CCOCC3)ncn2)cc1. The number of hydrogen-bond donors (Lipinski definition) is 2. The Balaban J connectivity index is 1.45. The molecule has 0 spiro atoms. The van der Waals surface area contributed by atoms with Crippen LogP contribution in [-0.4, -0.2) is 36.3 Å². The largest absolute Gasteiger partial charge is 0.378 e. The van der Waals surface area contributed by atoms with Crippen LogP contribution in [0.5, 0.6) is 0 Å². The van der Waals surface area contributed by atoms with E-state index in [0.29, 0.717) is 0 Å². The van der Waals surface area contributed by atoms with Gasteiger partial charge in [-0.3, -0.25) is 0 Å². The van der Waals surface area contributed by atoms with Gasteiger partial charge in [-0.2, -0.15) is 0 Å². The number of ether oxygens (including phenoxy) is 1. The van der Waals surface area contributed by atoms with Gasteiger partial charge in [-0.15, -0.1) is 0 Å². The van der Waals surface area contributed by atoms with E-state index in [9.17, 15) is 0 Å². The fourth-order valence-corrected chi connectivity index (χ4v) is 3.22. The molecule has 0 atom stereocenters. The monoisotopic (exact) mass is 375 g/mol. The predicted molar refractivity (Wildman–Crippen MR) is 113 cm³/mol. The normalized spacial score (nSPS) is 14.0. The second-order valence-corrected chi connectivity index (χ2v) is 6.87. The van der Waals surface area contributed by atoms with Crippen molar-refractivity contribution in [2.45, 2.75) is 13.5 Å². The van der Waals surface area contributed by atoms with Crippen LogP contribution in [0.2, 0.25) is 0 Å². The van der Waals surface area contributed by atoms with Crippen LogP contribution in [0, 0.1) is 6.92 Å². The van der Waals surface area contributed by atoms with Gasteiger partial charge in [0.2, 0.25) is 0 Å². The summed E-state index contributed by atoms with van der Waals surface area (Å²) in [5.41, 5.74) is 4.68. The van der Waals surface area contributed by atoms with Crippen molar-refractivity contribution in [3.8, 4) is 0 Å². The maximum absolute atomic E-state index is 5.47. The first kappa shape index (κ1) is 18.3. The molecule has 0 aliphatic carbocycles. The number of morpholine rings is 1. The lowest BCUT2D eigenvalue weighted by molar-refractivity contribution is 0.123. The molecule has 144 valence electrons. The highest BCUT2D eigenvalue weighted by molar-refractivity contribution is 5.74. The molecule has 0 unspecified atom stereocenters. The van der Waals surface area contributed by atoms with E-state index in [4.69, 9.17) is 4.74 Å². The Bertz CT molecular complexity index is 907. The van der Waals surface area contributed by atoms with Crippen LogP contribution in [0.3, 0.4) is 0 Å². The van der Waals surface area contributed by atoms with Crippen LogP contribution in [0.4, 0.5) is 23.0 Å². The van der Waals surface area contributed by atoms with E-state index in [1.54, 1.807) is 6.33 Å². The van der Waals surface area contributed by atoms with Crippen LogP contribution >= 0.6 is 0 Å². The number of rotatable bonds is 6. The Morgan fingerprint density at radius 3 is 2.54 bits per heavy atom. The van der Waals surface area contributed by atoms with Gasteiger partial charge in [0.15, 0.2) is 0 Å². The van der Waals surface area contributed by atoms with Crippen molar-refractivity contribution in [3.63, 3.8) is 0 Å². The van der Waals surface area contributed by atoms with Gasteiger partial charge in [-0.1, -0.05) is 42.0 Å². The molecule has 3 aromatic rings. The van der Waals surface area contributed by atoms with E-state index in [1.807, 2.05) is 12.1 Å². The van der Waals surface area contributed by atoms with E-state index in [0.717, 1.165) is 50.2 Å². The highest BCUT2D eigenvalue weighted by Gasteiger charge is 2.14. The van der Waals surface area contributed by atoms with Crippen LogP contribution in [-0.2, 0) is 11.3 Å². The van der Waals surface area contributed by atoms with E-state index >= 15 is 0 Å². The Hall–Kier alpha value is -3.12. The Morgan fingerprint density at radius 2 is 1.71 bits per heavy atom. The summed E-state index contributed by atoms with van der Waals surface area (Å²) >= 11 is 0. The third kappa shape index (κ3) is 4.58. The lowest BCUT2D eigenvalue weighted by Crippen LogP contribution is -2.36. The number of hydrogen-bond acceptors (Lipinski definition) is 6. The van der Waals surface area contributed by atoms with Gasteiger partial charge in [0.05, 0.1) is 24.6 Å². The van der Waals surface area contributed by atoms with Gasteiger partial charge in [0.1, 0.15) is 18.0 Å². The number of anilines is 4. The van der Waals surface area contributed by atoms with Crippen molar-refractivity contribution in [1.82, 2.24) is 9.97 Å². The van der Waals surface area contributed by atoms with E-state index < -0.39 is 0 Å². The van der Waals surface area contributed by atoms with Gasteiger partial charge in [0.25, 0.3) is 0 Å². The summed E-state index contributed by atoms with van der Waals surface area (Å²) in [6.45, 7) is 6.12. The number of nitrogens with zero attached hydrogens (tertiary/aromatic N) is 3. The lowest BCUT2D eigenvalue weighted by Gasteiger charge is -2.30. The molecule has 28 heavy (non-hydrogen) atoms. The number of aromatic nitrogens is 2. The molecular weight excluding hydrogens is 350 g/mol. The minimum atomic E-state index is 0.723. The van der Waals surface area contributed by atoms with Crippen molar-refractivity contribution in [3.05, 3.63) is 72.1 Å². The molecule has 0 amide bonds. The van der Waals surface area contributed by atoms with Crippen LogP contribution in [0.1, 0.15) is 11.1 Å². The van der Waals surface area contributed by atoms with Crippen LogP contribution in [0.25, 0.3) is 0 Å². The number of nitrogens with one attached hydrogen (secondary N) is 2. The Labute approximate surface area is 165 Å². The molecule has 0 bridgehead atoms. The first-order valence-electron chi connectivity index (χ1n) is 9.58. The van der Waals surface area contributed by atoms with E-state index in [1.165, 1.54) is 16.8 Å². The Morgan fingerprint density at radius 1 is 0.964 bits per heavy atom. The fraction of sp³-hybridized carbons (Fsp3) is 0.273. The molecule has 1 fully saturated rings. The predicted octanol–water partition coefficient (Wildman–Crippen LogP) is 3.98. The molecule has 0 radical (unpaired) electrons. The summed E-state index contributed by atoms with van der Waals surface area (Å²) in [6, 6.07) is 18.7. The Kier molecular flexibility index (Phi) is 5.68. The maximum atomic E-state index is 5.47. The number of para-hydroxylation sites is 2. The zero-order chi connectivity index (χ0) is 19.2. The zero-order valence-corrected chi connectivity index (χ0v) is 16.1. The molecule has 1 aliphatic heterocycles. The quantitative estimate of drug-likeness (QED) is 0.680. The topological polar surface area (TPSA) is 62.3 Å². The summed E-state index contributed by atoms with van der Waals surface area (Å²) in [5.74, 6) is 1.56. The standard InChI is InChI=1S/C22H25N5O/c1-17-6-8-18(9-7-17)15-23-21-14-22(25-16-24-21)26-19-4-2-3-5-20(19)27-10-12-28-13-11-27/h2-9,14,16H,10-13,15H2,1H3,(H2,23,24,25,26). The second kappa shape index (κ2) is 8.71. The second-order valence-electron chi connectivity index (χ2n) is 6.87. The van der Waals surface area contributed by atoms with Crippen molar-refractivity contribution < 1.29 is 4.74 Å². The molecule has 0 saturated carbocycles. The molecule has 6 heteroatoms. The first-order valence-corrected chi connectivity index (χ1v) is 9.58. The molecular formula is C22H25N5O. The summed E-state index contributed by atoms with van der Waals surface area (Å²) < 4.78 is 5.47. The molecule has 1 aromatic heterocycles. The van der Waals surface area contributed by atoms with Gasteiger partial charge in [-0.05, 0) is 24.6 Å². The third-order valence-corrected chi connectivity index (χ3v) is 4.78. The van der Waals surface area contributed by atoms with Crippen molar-refractivity contribution in [2.24, 2.45) is 0 Å². The number of aryl methyl sites for hydroxylation is 1. The molecule has 2 aromatic carbocycles. The minimum absolute atomic E-state index is 0.723. The lowest BCUT2D eigenvalue weighted by atomic mass is 10.1. The average molecular weight is 375 g/mol. The van der Waals surface area contributed by atoms with Gasteiger partial charge >= 0.3 is 0 Å². The molecule has 1 aliphatic rings. The molecule has 6 nitrogen and oxygen atoms in total. The average Bonchev–Trinajstić information content (AvgIpc) is 2.75. The van der Waals surface area contributed by atoms with Crippen molar-refractivity contribution in [1.29, 1.82) is 0 Å². The van der Waals surface area contributed by atoms with Gasteiger partial charge in [0, 0.05) is 25.7 Å². The van der Waals surface area contributed by atoms with E-state index in [-0.39, 0.29) is 0 Å². The first-order chi connectivity index (χ1) is 13.8. The molecule has 1 saturated heterocycles. The smallest absolute Gasteiger partial charge is 0.135 e. The summed E-state index contributed by atoms with van der Waals surface area (Å²) in [6.07, 6.45) is 1.58. The van der Waals surface area contributed by atoms with E-state index in [2.05, 4.69) is 74.9 Å². The highest BCUT2D eigenvalue weighted by Crippen LogP contribution is 2.29. The summed E-state index contributed by atoms with van der Waals surface area (Å²) in [7, 11) is 0. The van der Waals surface area contributed by atoms with Gasteiger partial charge in [-0.25, -0.2) is 9.97 Å². The maximum Gasteiger partial charge on any atom is 0.135 e. The number of benzene rings is 2. The summed E-state index contributed by atoms with van der Waals surface area (Å²) in [5, 5.41) is 6.81. The molecule has 4 rings (SSSR count). The van der Waals surface area contributed by atoms with Crippen LogP contribution in [0.15, 0.2) is 60.9 Å². The molecule has 2 N–H and O–H groups in total. The minimum Gasteiger partial charge on any atom is -0.378 e. The van der Waals surface area contributed by atoms with Crippen LogP contribution < -0.4 is 15.5 Å². The fourth-order valence-electron chi connectivity index (χ4n) is 3.22. The zero-order valence-electron chi connectivity index (χ0n) is 16.1. The molecule has 2 heterocycles. The summed E-state index contributed by atoms with van der Waals surface area (Å²) in [4.78, 5) is 11.1. The van der Waals surface area contributed by atoms with Crippen molar-refractivity contribution in [2.75, 3.05) is 41.8 Å².